The van der Waals surface area contributed by atoms with Gasteiger partial charge in [-0.15, -0.1) is 0 Å². The smallest absolute Gasteiger partial charge is 0.0746 e. The molecule has 2 heterocycles. The highest BCUT2D eigenvalue weighted by molar-refractivity contribution is 5.47. The Balaban J connectivity index is 1.94. The molecule has 1 atom stereocenters. The number of aromatic nitrogens is 1. The molecule has 1 aromatic heterocycles. The van der Waals surface area contributed by atoms with Gasteiger partial charge in [0.2, 0.25) is 0 Å². The molecule has 4 nitrogen and oxygen atoms in total. The number of nitrogens with one attached hydrogen (secondary N) is 1. The summed E-state index contributed by atoms with van der Waals surface area (Å²) in [4.78, 5) is 6.86. The van der Waals surface area contributed by atoms with E-state index in [0.717, 1.165) is 31.9 Å². The van der Waals surface area contributed by atoms with E-state index in [1.54, 1.807) is 0 Å². The largest absolute Gasteiger partial charge is 0.380 e. The predicted octanol–water partition coefficient (Wildman–Crippen LogP) is 2.44. The predicted molar refractivity (Wildman–Crippen MR) is 83.0 cm³/mol. The number of hydrogen-bond acceptors (Lipinski definition) is 4. The summed E-state index contributed by atoms with van der Waals surface area (Å²) in [5.41, 5.74) is 2.38. The monoisotopic (exact) mass is 277 g/mol. The molecule has 4 heteroatoms. The van der Waals surface area contributed by atoms with E-state index in [9.17, 15) is 0 Å². The van der Waals surface area contributed by atoms with E-state index in [4.69, 9.17) is 4.74 Å². The Morgan fingerprint density at radius 1 is 1.50 bits per heavy atom. The van der Waals surface area contributed by atoms with E-state index in [2.05, 4.69) is 41.2 Å². The van der Waals surface area contributed by atoms with Crippen molar-refractivity contribution in [1.82, 2.24) is 10.3 Å². The minimum absolute atomic E-state index is 0.361. The summed E-state index contributed by atoms with van der Waals surface area (Å²) in [6.07, 6.45) is 4.64. The molecule has 0 aromatic carbocycles. The summed E-state index contributed by atoms with van der Waals surface area (Å²) in [6, 6.07) is 4.30. The minimum Gasteiger partial charge on any atom is -0.380 e. The van der Waals surface area contributed by atoms with E-state index in [0.29, 0.717) is 12.0 Å². The number of nitrogens with zero attached hydrogens (tertiary/aromatic N) is 2. The zero-order chi connectivity index (χ0) is 14.4. The Hall–Kier alpha value is -1.13. The Kier molecular flexibility index (Phi) is 5.80. The average Bonchev–Trinajstić information content (AvgIpc) is 2.47. The molecule has 1 unspecified atom stereocenters. The van der Waals surface area contributed by atoms with Gasteiger partial charge in [-0.2, -0.15) is 0 Å². The third kappa shape index (κ3) is 4.46. The van der Waals surface area contributed by atoms with Crippen LogP contribution >= 0.6 is 0 Å². The summed E-state index contributed by atoms with van der Waals surface area (Å²) >= 11 is 0. The second-order valence-electron chi connectivity index (χ2n) is 5.98. The summed E-state index contributed by atoms with van der Waals surface area (Å²) < 4.78 is 5.49. The number of rotatable bonds is 6. The number of ether oxygens (including phenoxy) is 1. The van der Waals surface area contributed by atoms with Gasteiger partial charge < -0.3 is 15.0 Å². The molecule has 1 aliphatic rings. The third-order valence-corrected chi connectivity index (χ3v) is 3.74. The van der Waals surface area contributed by atoms with Crippen molar-refractivity contribution in [3.8, 4) is 0 Å². The number of hydrogen-bond donors (Lipinski definition) is 1. The Labute approximate surface area is 122 Å². The minimum atomic E-state index is 0.361. The summed E-state index contributed by atoms with van der Waals surface area (Å²) in [6.45, 7) is 8.40. The first-order valence-corrected chi connectivity index (χ1v) is 7.62. The highest BCUT2D eigenvalue weighted by atomic mass is 16.5. The van der Waals surface area contributed by atoms with Gasteiger partial charge in [0, 0.05) is 38.6 Å². The van der Waals surface area contributed by atoms with Crippen molar-refractivity contribution in [2.24, 2.45) is 5.92 Å². The molecular formula is C16H27N3O. The second kappa shape index (κ2) is 7.60. The van der Waals surface area contributed by atoms with E-state index in [-0.39, 0.29) is 0 Å². The third-order valence-electron chi connectivity index (χ3n) is 3.74. The van der Waals surface area contributed by atoms with Crippen molar-refractivity contribution in [2.45, 2.75) is 39.3 Å². The quantitative estimate of drug-likeness (QED) is 0.866. The molecule has 1 fully saturated rings. The van der Waals surface area contributed by atoms with Crippen LogP contribution in [0.5, 0.6) is 0 Å². The van der Waals surface area contributed by atoms with Crippen LogP contribution in [-0.2, 0) is 11.3 Å². The zero-order valence-corrected chi connectivity index (χ0v) is 12.9. The van der Waals surface area contributed by atoms with Gasteiger partial charge >= 0.3 is 0 Å². The van der Waals surface area contributed by atoms with Gasteiger partial charge in [-0.05, 0) is 37.4 Å². The fourth-order valence-corrected chi connectivity index (χ4v) is 2.61. The number of piperidine rings is 1. The van der Waals surface area contributed by atoms with E-state index in [1.165, 1.54) is 18.5 Å². The zero-order valence-electron chi connectivity index (χ0n) is 12.9. The van der Waals surface area contributed by atoms with Crippen LogP contribution in [0.1, 0.15) is 32.4 Å². The van der Waals surface area contributed by atoms with Gasteiger partial charge in [-0.3, -0.25) is 4.98 Å². The van der Waals surface area contributed by atoms with Gasteiger partial charge in [-0.25, -0.2) is 0 Å². The van der Waals surface area contributed by atoms with Crippen molar-refractivity contribution in [3.63, 3.8) is 0 Å². The van der Waals surface area contributed by atoms with Crippen molar-refractivity contribution in [3.05, 3.63) is 24.0 Å². The van der Waals surface area contributed by atoms with E-state index < -0.39 is 0 Å². The number of pyridine rings is 1. The summed E-state index contributed by atoms with van der Waals surface area (Å²) in [5.74, 6) is 0.669. The van der Waals surface area contributed by atoms with Crippen LogP contribution in [0, 0.1) is 5.92 Å². The highest BCUT2D eigenvalue weighted by Crippen LogP contribution is 2.21. The standard InChI is InChI=1S/C16H27N3O/c1-13(2)10-17-11-14-9-15(6-7-18-14)19-8-4-5-16(12-19)20-3/h6-7,9,13,16-17H,4-5,8,10-12H2,1-3H3. The lowest BCUT2D eigenvalue weighted by Crippen LogP contribution is -2.39. The Morgan fingerprint density at radius 3 is 3.10 bits per heavy atom. The van der Waals surface area contributed by atoms with Gasteiger partial charge in [0.05, 0.1) is 11.8 Å². The molecule has 0 bridgehead atoms. The normalized spacial score (nSPS) is 19.6. The van der Waals surface area contributed by atoms with Gasteiger partial charge in [-0.1, -0.05) is 13.8 Å². The summed E-state index contributed by atoms with van der Waals surface area (Å²) in [7, 11) is 1.81. The van der Waals surface area contributed by atoms with Crippen LogP contribution < -0.4 is 10.2 Å². The van der Waals surface area contributed by atoms with Crippen LogP contribution in [0.25, 0.3) is 0 Å². The maximum Gasteiger partial charge on any atom is 0.0746 e. The average molecular weight is 277 g/mol. The molecular weight excluding hydrogens is 250 g/mol. The van der Waals surface area contributed by atoms with Crippen LogP contribution in [0.15, 0.2) is 18.3 Å². The van der Waals surface area contributed by atoms with Gasteiger partial charge in [0.15, 0.2) is 0 Å². The molecule has 1 saturated heterocycles. The number of methoxy groups -OCH3 is 1. The molecule has 0 amide bonds. The Bertz CT molecular complexity index is 408. The van der Waals surface area contributed by atoms with Crippen LogP contribution in [0.4, 0.5) is 5.69 Å². The topological polar surface area (TPSA) is 37.4 Å². The van der Waals surface area contributed by atoms with E-state index in [1.807, 2.05) is 13.3 Å². The lowest BCUT2D eigenvalue weighted by atomic mass is 10.1. The molecule has 112 valence electrons. The molecule has 0 aliphatic carbocycles. The maximum absolute atomic E-state index is 5.49. The van der Waals surface area contributed by atoms with Crippen molar-refractivity contribution >= 4 is 5.69 Å². The van der Waals surface area contributed by atoms with E-state index >= 15 is 0 Å². The molecule has 0 radical (unpaired) electrons. The molecule has 0 spiro atoms. The second-order valence-corrected chi connectivity index (χ2v) is 5.98. The van der Waals surface area contributed by atoms with Crippen LogP contribution in [0.2, 0.25) is 0 Å². The van der Waals surface area contributed by atoms with Crippen molar-refractivity contribution in [1.29, 1.82) is 0 Å². The van der Waals surface area contributed by atoms with Crippen LogP contribution in [0.3, 0.4) is 0 Å². The fraction of sp³-hybridized carbons (Fsp3) is 0.688. The molecule has 2 rings (SSSR count). The van der Waals surface area contributed by atoms with Crippen molar-refractivity contribution in [2.75, 3.05) is 31.6 Å². The first-order valence-electron chi connectivity index (χ1n) is 7.62. The number of anilines is 1. The van der Waals surface area contributed by atoms with Gasteiger partial charge in [0.25, 0.3) is 0 Å². The summed E-state index contributed by atoms with van der Waals surface area (Å²) in [5, 5.41) is 3.45. The molecule has 0 saturated carbocycles. The molecule has 1 N–H and O–H groups in total. The SMILES string of the molecule is COC1CCCN(c2ccnc(CNCC(C)C)c2)C1. The Morgan fingerprint density at radius 2 is 2.35 bits per heavy atom. The molecule has 1 aromatic rings. The molecule has 20 heavy (non-hydrogen) atoms. The van der Waals surface area contributed by atoms with Crippen molar-refractivity contribution < 1.29 is 4.74 Å². The molecule has 1 aliphatic heterocycles. The lowest BCUT2D eigenvalue weighted by molar-refractivity contribution is 0.0893. The highest BCUT2D eigenvalue weighted by Gasteiger charge is 2.19. The maximum atomic E-state index is 5.49. The first kappa shape index (κ1) is 15.3. The fourth-order valence-electron chi connectivity index (χ4n) is 2.61. The van der Waals surface area contributed by atoms with Gasteiger partial charge in [0.1, 0.15) is 0 Å². The lowest BCUT2D eigenvalue weighted by Gasteiger charge is -2.33. The van der Waals surface area contributed by atoms with Crippen LogP contribution in [-0.4, -0.2) is 37.8 Å². The first-order chi connectivity index (χ1) is 9.69.